The van der Waals surface area contributed by atoms with Gasteiger partial charge >= 0.3 is 12.0 Å². The Morgan fingerprint density at radius 2 is 1.66 bits per heavy atom. The summed E-state index contributed by atoms with van der Waals surface area (Å²) in [5, 5.41) is 4.35. The van der Waals surface area contributed by atoms with Crippen molar-refractivity contribution in [1.29, 1.82) is 0 Å². The highest BCUT2D eigenvalue weighted by Crippen LogP contribution is 2.25. The Morgan fingerprint density at radius 1 is 0.966 bits per heavy atom. The maximum absolute atomic E-state index is 13.1. The van der Waals surface area contributed by atoms with Crippen LogP contribution in [0.4, 0.5) is 9.18 Å². The third-order valence-electron chi connectivity index (χ3n) is 3.97. The number of urea groups is 1. The molecule has 29 heavy (non-hydrogen) atoms. The average molecular weight is 396 g/mol. The first kappa shape index (κ1) is 19.8. The monoisotopic (exact) mass is 396 g/mol. The molecule has 148 valence electrons. The number of benzene rings is 2. The van der Waals surface area contributed by atoms with Crippen molar-refractivity contribution in [2.75, 3.05) is 7.05 Å². The highest BCUT2D eigenvalue weighted by molar-refractivity contribution is 5.98. The van der Waals surface area contributed by atoms with Gasteiger partial charge in [-0.15, -0.1) is 0 Å². The van der Waals surface area contributed by atoms with Gasteiger partial charge in [-0.1, -0.05) is 30.3 Å². The molecular weight excluding hydrogens is 379 g/mol. The topological polar surface area (TPSA) is 97.6 Å². The van der Waals surface area contributed by atoms with E-state index >= 15 is 0 Å². The van der Waals surface area contributed by atoms with E-state index in [1.807, 2.05) is 0 Å². The first-order chi connectivity index (χ1) is 14.0. The molecule has 2 N–H and O–H groups in total. The smallest absolute Gasteiger partial charge is 0.375 e. The van der Waals surface area contributed by atoms with Gasteiger partial charge < -0.3 is 14.5 Å². The number of nitrogens with one attached hydrogen (secondary N) is 2. The number of carbonyl (C=O) groups is 3. The van der Waals surface area contributed by atoms with Crippen LogP contribution < -0.4 is 10.6 Å². The maximum Gasteiger partial charge on any atom is 0.375 e. The van der Waals surface area contributed by atoms with Crippen molar-refractivity contribution < 1.29 is 27.9 Å². The zero-order valence-electron chi connectivity index (χ0n) is 15.3. The lowest BCUT2D eigenvalue weighted by Crippen LogP contribution is -2.41. The first-order valence-electron chi connectivity index (χ1n) is 8.62. The van der Waals surface area contributed by atoms with Crippen LogP contribution in [0.25, 0.3) is 11.3 Å². The molecule has 0 saturated carbocycles. The molecule has 3 amide bonds. The summed E-state index contributed by atoms with van der Waals surface area (Å²) in [6.45, 7) is 0. The number of hydrogen-bond acceptors (Lipinski definition) is 5. The summed E-state index contributed by atoms with van der Waals surface area (Å²) in [5.74, 6) is -1.90. The molecule has 2 aromatic carbocycles. The summed E-state index contributed by atoms with van der Waals surface area (Å²) in [6.07, 6.45) is -1.36. The van der Waals surface area contributed by atoms with E-state index in [4.69, 9.17) is 9.15 Å². The van der Waals surface area contributed by atoms with Crippen LogP contribution in [0.3, 0.4) is 0 Å². The number of imide groups is 1. The van der Waals surface area contributed by atoms with Crippen LogP contribution in [0.15, 0.2) is 71.1 Å². The van der Waals surface area contributed by atoms with Gasteiger partial charge in [0.1, 0.15) is 11.6 Å². The summed E-state index contributed by atoms with van der Waals surface area (Å²) in [6, 6.07) is 16.0. The van der Waals surface area contributed by atoms with Crippen molar-refractivity contribution >= 4 is 17.9 Å². The molecule has 1 aromatic heterocycles. The van der Waals surface area contributed by atoms with Gasteiger partial charge in [-0.2, -0.15) is 0 Å². The molecular formula is C21H17FN2O5. The van der Waals surface area contributed by atoms with Gasteiger partial charge in [-0.25, -0.2) is 14.0 Å². The van der Waals surface area contributed by atoms with Crippen LogP contribution in [-0.4, -0.2) is 25.0 Å². The van der Waals surface area contributed by atoms with Crippen molar-refractivity contribution in [2.45, 2.75) is 6.10 Å². The second kappa shape index (κ2) is 8.83. The highest BCUT2D eigenvalue weighted by atomic mass is 19.1. The maximum atomic E-state index is 13.1. The molecule has 0 saturated heterocycles. The van der Waals surface area contributed by atoms with E-state index in [-0.39, 0.29) is 5.76 Å². The Morgan fingerprint density at radius 3 is 2.31 bits per heavy atom. The van der Waals surface area contributed by atoms with Gasteiger partial charge in [0.25, 0.3) is 5.91 Å². The number of amides is 3. The van der Waals surface area contributed by atoms with Gasteiger partial charge in [0.15, 0.2) is 0 Å². The molecule has 8 heteroatoms. The van der Waals surface area contributed by atoms with E-state index in [1.54, 1.807) is 30.3 Å². The predicted octanol–water partition coefficient (Wildman–Crippen LogP) is 3.44. The van der Waals surface area contributed by atoms with E-state index in [2.05, 4.69) is 10.6 Å². The molecule has 0 bridgehead atoms. The Kier molecular flexibility index (Phi) is 6.03. The summed E-state index contributed by atoms with van der Waals surface area (Å²) in [4.78, 5) is 36.4. The Labute approximate surface area is 165 Å². The standard InChI is InChI=1S/C21H17FN2O5/c1-23-21(27)24-19(25)18(14-5-3-2-4-6-14)29-20(26)17-12-11-16(28-17)13-7-9-15(22)10-8-13/h2-12,18H,1H3,(H2,23,24,25,27)/t18-/m1/s1. The predicted molar refractivity (Wildman–Crippen MR) is 101 cm³/mol. The van der Waals surface area contributed by atoms with Crippen LogP contribution >= 0.6 is 0 Å². The second-order valence-corrected chi connectivity index (χ2v) is 5.94. The number of hydrogen-bond donors (Lipinski definition) is 2. The van der Waals surface area contributed by atoms with Crippen molar-refractivity contribution in [3.63, 3.8) is 0 Å². The normalized spacial score (nSPS) is 11.4. The molecule has 0 fully saturated rings. The molecule has 7 nitrogen and oxygen atoms in total. The van der Waals surface area contributed by atoms with Crippen molar-refractivity contribution in [3.05, 3.63) is 83.9 Å². The van der Waals surface area contributed by atoms with Crippen molar-refractivity contribution in [3.8, 4) is 11.3 Å². The Balaban J connectivity index is 1.80. The minimum Gasteiger partial charge on any atom is -0.449 e. The summed E-state index contributed by atoms with van der Waals surface area (Å²) in [5.41, 5.74) is 0.954. The van der Waals surface area contributed by atoms with Gasteiger partial charge in [0.2, 0.25) is 11.9 Å². The molecule has 0 unspecified atom stereocenters. The number of ether oxygens (including phenoxy) is 1. The number of furan rings is 1. The van der Waals surface area contributed by atoms with Crippen LogP contribution in [0, 0.1) is 5.82 Å². The molecule has 0 spiro atoms. The molecule has 3 rings (SSSR count). The minimum absolute atomic E-state index is 0.141. The van der Waals surface area contributed by atoms with Gasteiger partial charge in [0, 0.05) is 18.2 Å². The third-order valence-corrected chi connectivity index (χ3v) is 3.97. The Bertz CT molecular complexity index is 1020. The summed E-state index contributed by atoms with van der Waals surface area (Å²) in [7, 11) is 1.35. The zero-order chi connectivity index (χ0) is 20.8. The Hall–Kier alpha value is -3.94. The van der Waals surface area contributed by atoms with E-state index in [0.717, 1.165) is 0 Å². The van der Waals surface area contributed by atoms with Gasteiger partial charge in [0.05, 0.1) is 0 Å². The fourth-order valence-corrected chi connectivity index (χ4v) is 2.52. The first-order valence-corrected chi connectivity index (χ1v) is 8.62. The zero-order valence-corrected chi connectivity index (χ0v) is 15.3. The van der Waals surface area contributed by atoms with Gasteiger partial charge in [-0.05, 0) is 36.4 Å². The van der Waals surface area contributed by atoms with Crippen LogP contribution in [0.2, 0.25) is 0 Å². The molecule has 0 radical (unpaired) electrons. The molecule has 0 aliphatic carbocycles. The fraction of sp³-hybridized carbons (Fsp3) is 0.0952. The largest absolute Gasteiger partial charge is 0.449 e. The molecule has 0 aliphatic heterocycles. The lowest BCUT2D eigenvalue weighted by molar-refractivity contribution is -0.129. The molecule has 1 atom stereocenters. The number of carbonyl (C=O) groups excluding carboxylic acids is 3. The summed E-state index contributed by atoms with van der Waals surface area (Å²) < 4.78 is 23.9. The number of rotatable bonds is 5. The van der Waals surface area contributed by atoms with Crippen LogP contribution in [0.1, 0.15) is 22.2 Å². The van der Waals surface area contributed by atoms with Crippen LogP contribution in [-0.2, 0) is 9.53 Å². The van der Waals surface area contributed by atoms with E-state index in [9.17, 15) is 18.8 Å². The molecule has 1 heterocycles. The second-order valence-electron chi connectivity index (χ2n) is 5.94. The van der Waals surface area contributed by atoms with E-state index in [1.165, 1.54) is 43.4 Å². The van der Waals surface area contributed by atoms with E-state index in [0.29, 0.717) is 16.9 Å². The quantitative estimate of drug-likeness (QED) is 0.644. The van der Waals surface area contributed by atoms with Gasteiger partial charge in [-0.3, -0.25) is 10.1 Å². The lowest BCUT2D eigenvalue weighted by atomic mass is 10.1. The average Bonchev–Trinajstić information content (AvgIpc) is 3.23. The fourth-order valence-electron chi connectivity index (χ4n) is 2.52. The van der Waals surface area contributed by atoms with Crippen LogP contribution in [0.5, 0.6) is 0 Å². The van der Waals surface area contributed by atoms with Crippen molar-refractivity contribution in [1.82, 2.24) is 10.6 Å². The van der Waals surface area contributed by atoms with Crippen molar-refractivity contribution in [2.24, 2.45) is 0 Å². The number of esters is 1. The lowest BCUT2D eigenvalue weighted by Gasteiger charge is -2.16. The molecule has 3 aromatic rings. The van der Waals surface area contributed by atoms with E-state index < -0.39 is 29.8 Å². The summed E-state index contributed by atoms with van der Waals surface area (Å²) >= 11 is 0. The number of halogens is 1. The minimum atomic E-state index is -1.36. The SMILES string of the molecule is CNC(=O)NC(=O)[C@H](OC(=O)c1ccc(-c2ccc(F)cc2)o1)c1ccccc1. The third kappa shape index (κ3) is 4.86. The molecule has 0 aliphatic rings. The highest BCUT2D eigenvalue weighted by Gasteiger charge is 2.28.